The van der Waals surface area contributed by atoms with Gasteiger partial charge in [0.25, 0.3) is 0 Å². The summed E-state index contributed by atoms with van der Waals surface area (Å²) < 4.78 is 9.03. The molecular weight excluding hydrogens is 136 g/mol. The summed E-state index contributed by atoms with van der Waals surface area (Å²) in [4.78, 5) is 10.3. The third-order valence-electron chi connectivity index (χ3n) is 0.648. The van der Waals surface area contributed by atoms with Crippen molar-refractivity contribution in [2.24, 2.45) is 0 Å². The van der Waals surface area contributed by atoms with Crippen LogP contribution in [-0.4, -0.2) is 29.2 Å². The van der Waals surface area contributed by atoms with Gasteiger partial charge in [0.15, 0.2) is 0 Å². The highest BCUT2D eigenvalue weighted by atomic mass is 28.2. The molecule has 0 aliphatic carbocycles. The lowest BCUT2D eigenvalue weighted by atomic mass is 10.5. The molecule has 0 rings (SSSR count). The molecule has 51 valence electrons. The Balaban J connectivity index is 3.17. The van der Waals surface area contributed by atoms with Gasteiger partial charge in [-0.1, -0.05) is 0 Å². The largest absolute Gasteiger partial charge is 0.514 e. The fraction of sp³-hybridized carbons (Fsp3) is 0.800. The normalized spacial score (nSPS) is 9.78. The van der Waals surface area contributed by atoms with Crippen LogP contribution in [0, 0.1) is 0 Å². The molecule has 0 aromatic rings. The first-order valence-corrected chi connectivity index (χ1v) is 3.05. The fourth-order valence-corrected chi connectivity index (χ4v) is 0.323. The number of carbonyl (C=O) groups is 1. The quantitative estimate of drug-likeness (QED) is 0.526. The number of hydrogen-bond donors (Lipinski definition) is 0. The Kier molecular flexibility index (Phi) is 4.34. The van der Waals surface area contributed by atoms with Crippen molar-refractivity contribution < 1.29 is 14.0 Å². The van der Waals surface area contributed by atoms with E-state index >= 15 is 0 Å². The van der Waals surface area contributed by atoms with Gasteiger partial charge in [-0.05, 0) is 13.8 Å². The fourth-order valence-electron chi connectivity index (χ4n) is 0.264. The topological polar surface area (TPSA) is 35.5 Å². The predicted octanol–water partition coefficient (Wildman–Crippen LogP) is 0.0381. The molecule has 0 unspecified atom stereocenters. The molecular formula is C5H9O3Si. The van der Waals surface area contributed by atoms with Crippen molar-refractivity contribution in [1.29, 1.82) is 0 Å². The van der Waals surface area contributed by atoms with Crippen LogP contribution in [0.3, 0.4) is 0 Å². The molecule has 0 bridgehead atoms. The van der Waals surface area contributed by atoms with Gasteiger partial charge in [-0.2, -0.15) is 0 Å². The Hall–Kier alpha value is -0.353. The molecule has 0 heterocycles. The first-order valence-electron chi connectivity index (χ1n) is 2.65. The number of rotatable bonds is 3. The third kappa shape index (κ3) is 5.52. The Bertz CT molecular complexity index is 92.2. The van der Waals surface area contributed by atoms with Crippen LogP contribution in [-0.2, 0) is 14.0 Å². The second-order valence-electron chi connectivity index (χ2n) is 1.83. The van der Waals surface area contributed by atoms with Crippen LogP contribution < -0.4 is 0 Å². The van der Waals surface area contributed by atoms with Gasteiger partial charge in [-0.15, -0.1) is 0 Å². The van der Waals surface area contributed by atoms with Crippen LogP contribution in [0.25, 0.3) is 0 Å². The monoisotopic (exact) mass is 145 g/mol. The SMILES string of the molecule is CC(C)OCC(=O)O[Si]. The van der Waals surface area contributed by atoms with Crippen molar-refractivity contribution in [3.63, 3.8) is 0 Å². The molecule has 0 fully saturated rings. The molecule has 3 nitrogen and oxygen atoms in total. The van der Waals surface area contributed by atoms with Crippen LogP contribution in [0.4, 0.5) is 0 Å². The van der Waals surface area contributed by atoms with Crippen molar-refractivity contribution in [2.45, 2.75) is 20.0 Å². The highest BCUT2D eigenvalue weighted by Gasteiger charge is 2.00. The summed E-state index contributed by atoms with van der Waals surface area (Å²) >= 11 is 0. The molecule has 0 aromatic carbocycles. The van der Waals surface area contributed by atoms with Crippen LogP contribution in [0.5, 0.6) is 0 Å². The van der Waals surface area contributed by atoms with E-state index in [0.717, 1.165) is 0 Å². The van der Waals surface area contributed by atoms with Crippen LogP contribution >= 0.6 is 0 Å². The minimum Gasteiger partial charge on any atom is -0.514 e. The average Bonchev–Trinajstić information content (AvgIpc) is 1.83. The summed E-state index contributed by atoms with van der Waals surface area (Å²) in [5.74, 6) is -0.416. The zero-order chi connectivity index (χ0) is 7.28. The summed E-state index contributed by atoms with van der Waals surface area (Å²) in [6.45, 7) is 3.70. The molecule has 0 saturated carbocycles. The molecule has 4 heteroatoms. The van der Waals surface area contributed by atoms with E-state index in [-0.39, 0.29) is 12.7 Å². The molecule has 0 N–H and O–H groups in total. The smallest absolute Gasteiger partial charge is 0.345 e. The van der Waals surface area contributed by atoms with Crippen LogP contribution in [0.2, 0.25) is 0 Å². The van der Waals surface area contributed by atoms with Gasteiger partial charge in [0.1, 0.15) is 6.61 Å². The van der Waals surface area contributed by atoms with Crippen molar-refractivity contribution in [3.05, 3.63) is 0 Å². The lowest BCUT2D eigenvalue weighted by Gasteiger charge is -2.04. The van der Waals surface area contributed by atoms with E-state index in [1.54, 1.807) is 0 Å². The van der Waals surface area contributed by atoms with Gasteiger partial charge in [-0.3, -0.25) is 4.79 Å². The van der Waals surface area contributed by atoms with Crippen molar-refractivity contribution >= 4 is 16.5 Å². The van der Waals surface area contributed by atoms with Crippen molar-refractivity contribution in [3.8, 4) is 0 Å². The molecule has 0 aromatic heterocycles. The molecule has 0 amide bonds. The molecule has 0 saturated heterocycles. The van der Waals surface area contributed by atoms with E-state index in [1.807, 2.05) is 13.8 Å². The molecule has 3 radical (unpaired) electrons. The second-order valence-corrected chi connectivity index (χ2v) is 2.04. The van der Waals surface area contributed by atoms with Gasteiger partial charge in [0.05, 0.1) is 6.10 Å². The van der Waals surface area contributed by atoms with E-state index in [9.17, 15) is 4.79 Å². The first kappa shape index (κ1) is 8.65. The maximum absolute atomic E-state index is 10.3. The third-order valence-corrected chi connectivity index (χ3v) is 0.876. The lowest BCUT2D eigenvalue weighted by Crippen LogP contribution is -2.14. The van der Waals surface area contributed by atoms with Gasteiger partial charge in [0.2, 0.25) is 0 Å². The molecule has 0 aliphatic rings. The van der Waals surface area contributed by atoms with Gasteiger partial charge < -0.3 is 9.16 Å². The Morgan fingerprint density at radius 3 is 2.56 bits per heavy atom. The number of hydrogen-bond acceptors (Lipinski definition) is 3. The highest BCUT2D eigenvalue weighted by Crippen LogP contribution is 1.86. The van der Waals surface area contributed by atoms with Crippen LogP contribution in [0.15, 0.2) is 0 Å². The number of ether oxygens (including phenoxy) is 1. The minimum atomic E-state index is -0.416. The van der Waals surface area contributed by atoms with Crippen molar-refractivity contribution in [1.82, 2.24) is 0 Å². The van der Waals surface area contributed by atoms with E-state index in [4.69, 9.17) is 4.74 Å². The Morgan fingerprint density at radius 2 is 2.22 bits per heavy atom. The molecule has 9 heavy (non-hydrogen) atoms. The summed E-state index contributed by atoms with van der Waals surface area (Å²) in [7, 11) is 2.58. The van der Waals surface area contributed by atoms with E-state index in [2.05, 4.69) is 14.9 Å². The molecule has 0 aliphatic heterocycles. The number of carbonyl (C=O) groups excluding carboxylic acids is 1. The standard InChI is InChI=1S/C5H9O3Si/c1-4(2)7-3-5(6)8-9/h4H,3H2,1-2H3. The van der Waals surface area contributed by atoms with Gasteiger partial charge >= 0.3 is 16.5 Å². The summed E-state index contributed by atoms with van der Waals surface area (Å²) in [5, 5.41) is 0. The van der Waals surface area contributed by atoms with Crippen molar-refractivity contribution in [2.75, 3.05) is 6.61 Å². The van der Waals surface area contributed by atoms with Gasteiger partial charge in [-0.25, -0.2) is 0 Å². The first-order chi connectivity index (χ1) is 4.16. The lowest BCUT2D eigenvalue weighted by molar-refractivity contribution is -0.140. The molecule has 0 spiro atoms. The molecule has 0 atom stereocenters. The van der Waals surface area contributed by atoms with Gasteiger partial charge in [0, 0.05) is 0 Å². The average molecular weight is 145 g/mol. The minimum absolute atomic E-state index is 0.00116. The second kappa shape index (κ2) is 4.52. The summed E-state index contributed by atoms with van der Waals surface area (Å²) in [5.41, 5.74) is 0. The highest BCUT2D eigenvalue weighted by molar-refractivity contribution is 6.05. The summed E-state index contributed by atoms with van der Waals surface area (Å²) in [6.07, 6.45) is 0.0655. The van der Waals surface area contributed by atoms with E-state index in [0.29, 0.717) is 0 Å². The zero-order valence-electron chi connectivity index (χ0n) is 5.51. The Morgan fingerprint density at radius 1 is 1.67 bits per heavy atom. The Labute approximate surface area is 57.9 Å². The predicted molar refractivity (Wildman–Crippen MR) is 32.9 cm³/mol. The van der Waals surface area contributed by atoms with Crippen LogP contribution in [0.1, 0.15) is 13.8 Å². The van der Waals surface area contributed by atoms with E-state index in [1.165, 1.54) is 0 Å². The zero-order valence-corrected chi connectivity index (χ0v) is 6.51. The maximum Gasteiger partial charge on any atom is 0.345 e. The summed E-state index contributed by atoms with van der Waals surface area (Å²) in [6, 6.07) is 0. The maximum atomic E-state index is 10.3. The van der Waals surface area contributed by atoms with E-state index < -0.39 is 5.97 Å².